The number of likely N-dealkylation sites (tertiary alicyclic amines) is 1. The van der Waals surface area contributed by atoms with Crippen LogP contribution in [0.15, 0.2) is 47.4 Å². The lowest BCUT2D eigenvalue weighted by Crippen LogP contribution is -2.45. The number of aryl methyl sites for hydroxylation is 2. The quantitative estimate of drug-likeness (QED) is 0.647. The Hall–Kier alpha value is -2.16. The van der Waals surface area contributed by atoms with Gasteiger partial charge in [0.15, 0.2) is 5.11 Å². The van der Waals surface area contributed by atoms with E-state index in [1.54, 1.807) is 17.5 Å². The predicted molar refractivity (Wildman–Crippen MR) is 135 cm³/mol. The van der Waals surface area contributed by atoms with Crippen molar-refractivity contribution >= 4 is 27.4 Å². The van der Waals surface area contributed by atoms with Crippen molar-refractivity contribution in [1.82, 2.24) is 14.5 Å². The van der Waals surface area contributed by atoms with Crippen LogP contribution in [-0.2, 0) is 16.6 Å². The summed E-state index contributed by atoms with van der Waals surface area (Å²) in [7, 11) is -1.79. The second-order valence-electron chi connectivity index (χ2n) is 9.32. The van der Waals surface area contributed by atoms with Crippen LogP contribution in [0.5, 0.6) is 5.75 Å². The van der Waals surface area contributed by atoms with Crippen molar-refractivity contribution in [1.29, 1.82) is 0 Å². The molecule has 2 heterocycles. The number of sulfonamides is 1. The second kappa shape index (κ2) is 9.60. The lowest BCUT2D eigenvalue weighted by molar-refractivity contribution is 0.166. The Morgan fingerprint density at radius 1 is 1.09 bits per heavy atom. The molecule has 178 valence electrons. The molecule has 0 radical (unpaired) electrons. The fourth-order valence-corrected chi connectivity index (χ4v) is 6.95. The molecule has 2 aromatic carbocycles. The third-order valence-corrected chi connectivity index (χ3v) is 9.54. The molecule has 0 saturated carbocycles. The van der Waals surface area contributed by atoms with Crippen molar-refractivity contribution < 1.29 is 13.2 Å². The number of nitrogens with one attached hydrogen (secondary N) is 1. The van der Waals surface area contributed by atoms with Gasteiger partial charge in [-0.05, 0) is 74.0 Å². The maximum Gasteiger partial charge on any atom is 0.243 e. The predicted octanol–water partition coefficient (Wildman–Crippen LogP) is 3.86. The minimum atomic E-state index is -3.47. The third-order valence-electron chi connectivity index (χ3n) is 7.09. The Bertz CT molecular complexity index is 1130. The van der Waals surface area contributed by atoms with Crippen molar-refractivity contribution in [3.05, 3.63) is 59.2 Å². The van der Waals surface area contributed by atoms with Gasteiger partial charge in [0.25, 0.3) is 0 Å². The number of nitrogens with zero attached hydrogens (tertiary/aromatic N) is 2. The number of ether oxygens (including phenoxy) is 1. The summed E-state index contributed by atoms with van der Waals surface area (Å²) in [6.45, 7) is 7.32. The molecule has 2 saturated heterocycles. The van der Waals surface area contributed by atoms with Gasteiger partial charge in [-0.15, -0.1) is 0 Å². The van der Waals surface area contributed by atoms with Crippen LogP contribution in [0.25, 0.3) is 0 Å². The van der Waals surface area contributed by atoms with E-state index in [0.717, 1.165) is 59.9 Å². The molecule has 0 atom stereocenters. The summed E-state index contributed by atoms with van der Waals surface area (Å²) in [5, 5.41) is 4.13. The van der Waals surface area contributed by atoms with Gasteiger partial charge in [-0.2, -0.15) is 4.31 Å². The minimum Gasteiger partial charge on any atom is -0.496 e. The van der Waals surface area contributed by atoms with Crippen molar-refractivity contribution in [3.63, 3.8) is 0 Å². The second-order valence-corrected chi connectivity index (χ2v) is 11.6. The molecule has 2 fully saturated rings. The van der Waals surface area contributed by atoms with E-state index in [2.05, 4.69) is 10.2 Å². The molecule has 8 heteroatoms. The van der Waals surface area contributed by atoms with E-state index in [1.165, 1.54) is 0 Å². The van der Waals surface area contributed by atoms with Crippen LogP contribution in [0, 0.1) is 19.3 Å². The fraction of sp³-hybridized carbons (Fsp3) is 0.480. The zero-order chi connectivity index (χ0) is 23.6. The van der Waals surface area contributed by atoms with Crippen LogP contribution < -0.4 is 10.1 Å². The summed E-state index contributed by atoms with van der Waals surface area (Å²) in [6, 6.07) is 13.6. The summed E-state index contributed by atoms with van der Waals surface area (Å²) in [5.74, 6) is 0.850. The zero-order valence-electron chi connectivity index (χ0n) is 19.6. The number of rotatable bonds is 5. The van der Waals surface area contributed by atoms with Crippen molar-refractivity contribution in [2.75, 3.05) is 33.3 Å². The molecule has 33 heavy (non-hydrogen) atoms. The first-order chi connectivity index (χ1) is 15.7. The van der Waals surface area contributed by atoms with Crippen molar-refractivity contribution in [3.8, 4) is 5.75 Å². The first kappa shape index (κ1) is 24.0. The van der Waals surface area contributed by atoms with Crippen LogP contribution in [0.4, 0.5) is 0 Å². The van der Waals surface area contributed by atoms with Crippen LogP contribution in [-0.4, -0.2) is 56.0 Å². The topological polar surface area (TPSA) is 61.9 Å². The first-order valence-electron chi connectivity index (χ1n) is 11.5. The van der Waals surface area contributed by atoms with Gasteiger partial charge in [0.05, 0.1) is 12.0 Å². The van der Waals surface area contributed by atoms with Crippen LogP contribution in [0.2, 0.25) is 0 Å². The molecular weight excluding hydrogens is 454 g/mol. The third kappa shape index (κ3) is 5.03. The van der Waals surface area contributed by atoms with Gasteiger partial charge in [0.2, 0.25) is 10.0 Å². The van der Waals surface area contributed by atoms with E-state index >= 15 is 0 Å². The van der Waals surface area contributed by atoms with Crippen LogP contribution >= 0.6 is 12.2 Å². The highest BCUT2D eigenvalue weighted by molar-refractivity contribution is 7.89. The Labute approximate surface area is 203 Å². The van der Waals surface area contributed by atoms with E-state index in [-0.39, 0.29) is 5.41 Å². The van der Waals surface area contributed by atoms with E-state index < -0.39 is 10.0 Å². The summed E-state index contributed by atoms with van der Waals surface area (Å²) in [4.78, 5) is 2.67. The van der Waals surface area contributed by atoms with Gasteiger partial charge in [0, 0.05) is 38.3 Å². The highest BCUT2D eigenvalue weighted by Crippen LogP contribution is 2.41. The number of benzene rings is 2. The summed E-state index contributed by atoms with van der Waals surface area (Å²) in [5.41, 5.74) is 2.97. The van der Waals surface area contributed by atoms with Crippen molar-refractivity contribution in [2.24, 2.45) is 5.41 Å². The maximum atomic E-state index is 13.3. The SMILES string of the molecule is COc1ccccc1CNC(=S)N1CCC2(CCN(S(=O)(=O)c3cc(C)ccc3C)CC2)C1. The molecular formula is C25H33N3O3S2. The molecule has 0 aromatic heterocycles. The number of methoxy groups -OCH3 is 1. The van der Waals surface area contributed by atoms with Gasteiger partial charge in [-0.1, -0.05) is 30.3 Å². The van der Waals surface area contributed by atoms with E-state index in [9.17, 15) is 8.42 Å². The van der Waals surface area contributed by atoms with E-state index in [1.807, 2.05) is 50.2 Å². The summed E-state index contributed by atoms with van der Waals surface area (Å²) < 4.78 is 33.7. The molecule has 2 aliphatic rings. The number of piperidine rings is 1. The number of hydrogen-bond donors (Lipinski definition) is 1. The number of para-hydroxylation sites is 1. The average molecular weight is 488 g/mol. The van der Waals surface area contributed by atoms with Crippen LogP contribution in [0.3, 0.4) is 0 Å². The minimum absolute atomic E-state index is 0.129. The Morgan fingerprint density at radius 3 is 2.52 bits per heavy atom. The molecule has 2 aromatic rings. The van der Waals surface area contributed by atoms with E-state index in [0.29, 0.717) is 24.5 Å². The lowest BCUT2D eigenvalue weighted by Gasteiger charge is -2.39. The molecule has 1 spiro atoms. The van der Waals surface area contributed by atoms with Crippen molar-refractivity contribution in [2.45, 2.75) is 44.6 Å². The molecule has 0 bridgehead atoms. The molecule has 6 nitrogen and oxygen atoms in total. The summed E-state index contributed by atoms with van der Waals surface area (Å²) >= 11 is 5.69. The fourth-order valence-electron chi connectivity index (χ4n) is 4.97. The number of hydrogen-bond acceptors (Lipinski definition) is 4. The largest absolute Gasteiger partial charge is 0.496 e. The molecule has 0 unspecified atom stereocenters. The van der Waals surface area contributed by atoms with Gasteiger partial charge >= 0.3 is 0 Å². The maximum absolute atomic E-state index is 13.3. The molecule has 2 aliphatic heterocycles. The first-order valence-corrected chi connectivity index (χ1v) is 13.3. The van der Waals surface area contributed by atoms with Gasteiger partial charge < -0.3 is 15.0 Å². The zero-order valence-corrected chi connectivity index (χ0v) is 21.3. The number of thiocarbonyl (C=S) groups is 1. The Balaban J connectivity index is 1.35. The Morgan fingerprint density at radius 2 is 1.79 bits per heavy atom. The van der Waals surface area contributed by atoms with E-state index in [4.69, 9.17) is 17.0 Å². The molecule has 1 N–H and O–H groups in total. The monoisotopic (exact) mass is 487 g/mol. The highest BCUT2D eigenvalue weighted by Gasteiger charge is 2.43. The highest BCUT2D eigenvalue weighted by atomic mass is 32.2. The smallest absolute Gasteiger partial charge is 0.243 e. The standard InChI is InChI=1S/C25H33N3O3S2/c1-19-8-9-20(2)23(16-19)33(29,30)28-14-11-25(12-15-28)10-13-27(18-25)24(32)26-17-21-6-4-5-7-22(21)31-3/h4-9,16H,10-15,17-18H2,1-3H3,(H,26,32). The summed E-state index contributed by atoms with van der Waals surface area (Å²) in [6.07, 6.45) is 2.77. The molecule has 0 amide bonds. The van der Waals surface area contributed by atoms with Crippen LogP contribution in [0.1, 0.15) is 36.0 Å². The molecule has 0 aliphatic carbocycles. The molecule has 4 rings (SSSR count). The van der Waals surface area contributed by atoms with Gasteiger partial charge in [-0.25, -0.2) is 8.42 Å². The van der Waals surface area contributed by atoms with Gasteiger partial charge in [-0.3, -0.25) is 0 Å². The average Bonchev–Trinajstić information content (AvgIpc) is 3.23. The van der Waals surface area contributed by atoms with Gasteiger partial charge in [0.1, 0.15) is 5.75 Å². The Kier molecular flexibility index (Phi) is 6.98. The normalized spacial score (nSPS) is 18.5. The lowest BCUT2D eigenvalue weighted by atomic mass is 9.78.